The Hall–Kier alpha value is -2.64. The zero-order chi connectivity index (χ0) is 21.7. The number of hydrogen-bond donors (Lipinski definition) is 1. The summed E-state index contributed by atoms with van der Waals surface area (Å²) < 4.78 is 7.42. The maximum absolute atomic E-state index is 12.6. The second-order valence-corrected chi connectivity index (χ2v) is 8.38. The summed E-state index contributed by atoms with van der Waals surface area (Å²) in [6.45, 7) is 10.6. The molecule has 2 aromatic heterocycles. The zero-order valence-electron chi connectivity index (χ0n) is 18.3. The van der Waals surface area contributed by atoms with Crippen LogP contribution >= 0.6 is 11.3 Å². The van der Waals surface area contributed by atoms with Crippen molar-refractivity contribution >= 4 is 28.3 Å². The lowest BCUT2D eigenvalue weighted by atomic mass is 10.0. The molecule has 0 unspecified atom stereocenters. The first-order chi connectivity index (χ1) is 14.5. The van der Waals surface area contributed by atoms with E-state index in [1.807, 2.05) is 35.6 Å². The van der Waals surface area contributed by atoms with Gasteiger partial charge in [-0.25, -0.2) is 4.98 Å². The van der Waals surface area contributed by atoms with Gasteiger partial charge in [0.05, 0.1) is 24.5 Å². The molecule has 0 fully saturated rings. The summed E-state index contributed by atoms with van der Waals surface area (Å²) in [5.41, 5.74) is 2.99. The van der Waals surface area contributed by atoms with E-state index in [4.69, 9.17) is 4.74 Å². The van der Waals surface area contributed by atoms with E-state index in [-0.39, 0.29) is 11.9 Å². The lowest BCUT2D eigenvalue weighted by molar-refractivity contribution is -0.116. The Morgan fingerprint density at radius 2 is 2.10 bits per heavy atom. The number of aryl methyl sites for hydroxylation is 2. The second kappa shape index (κ2) is 9.91. The number of rotatable bonds is 9. The monoisotopic (exact) mass is 426 g/mol. The van der Waals surface area contributed by atoms with Crippen LogP contribution in [-0.4, -0.2) is 46.9 Å². The summed E-state index contributed by atoms with van der Waals surface area (Å²) in [5.74, 6) is 0.707. The maximum atomic E-state index is 12.6. The van der Waals surface area contributed by atoms with Crippen LogP contribution in [-0.2, 0) is 4.79 Å². The third-order valence-electron chi connectivity index (χ3n) is 5.26. The molecule has 0 saturated carbocycles. The molecule has 0 spiro atoms. The molecule has 7 heteroatoms. The van der Waals surface area contributed by atoms with Gasteiger partial charge in [0.2, 0.25) is 5.91 Å². The molecular formula is C23H30N4O2S. The van der Waals surface area contributed by atoms with Gasteiger partial charge >= 0.3 is 0 Å². The minimum absolute atomic E-state index is 0.0791. The number of methoxy groups -OCH3 is 1. The molecule has 0 bridgehead atoms. The smallest absolute Gasteiger partial charge is 0.244 e. The van der Waals surface area contributed by atoms with Crippen molar-refractivity contribution in [2.24, 2.45) is 0 Å². The number of nitrogens with zero attached hydrogens (tertiary/aromatic N) is 3. The Morgan fingerprint density at radius 3 is 2.80 bits per heavy atom. The summed E-state index contributed by atoms with van der Waals surface area (Å²) in [5, 5.41) is 3.07. The molecule has 1 amide bonds. The molecule has 160 valence electrons. The van der Waals surface area contributed by atoms with Crippen molar-refractivity contribution in [1.82, 2.24) is 19.6 Å². The van der Waals surface area contributed by atoms with Crippen LogP contribution in [0.15, 0.2) is 36.5 Å². The van der Waals surface area contributed by atoms with Crippen molar-refractivity contribution in [3.8, 4) is 5.75 Å². The van der Waals surface area contributed by atoms with Gasteiger partial charge in [-0.2, -0.15) is 0 Å². The molecular weight excluding hydrogens is 396 g/mol. The van der Waals surface area contributed by atoms with Crippen LogP contribution in [0.1, 0.15) is 41.7 Å². The van der Waals surface area contributed by atoms with Gasteiger partial charge in [0, 0.05) is 23.7 Å². The number of thiazole rings is 1. The van der Waals surface area contributed by atoms with E-state index in [1.54, 1.807) is 24.5 Å². The largest absolute Gasteiger partial charge is 0.497 e. The zero-order valence-corrected chi connectivity index (χ0v) is 19.1. The fourth-order valence-corrected chi connectivity index (χ4v) is 4.54. The Balaban J connectivity index is 1.73. The van der Waals surface area contributed by atoms with Crippen molar-refractivity contribution in [3.05, 3.63) is 58.4 Å². The lowest BCUT2D eigenvalue weighted by Gasteiger charge is -2.30. The minimum atomic E-state index is -0.114. The number of imidazole rings is 1. The number of aromatic nitrogens is 2. The van der Waals surface area contributed by atoms with Gasteiger partial charge in [-0.3, -0.25) is 14.1 Å². The second-order valence-electron chi connectivity index (χ2n) is 7.17. The molecule has 3 aromatic rings. The molecule has 0 radical (unpaired) electrons. The maximum Gasteiger partial charge on any atom is 0.244 e. The van der Waals surface area contributed by atoms with Crippen LogP contribution in [0.3, 0.4) is 0 Å². The summed E-state index contributed by atoms with van der Waals surface area (Å²) in [7, 11) is 1.67. The highest BCUT2D eigenvalue weighted by molar-refractivity contribution is 7.17. The molecule has 0 saturated heterocycles. The first kappa shape index (κ1) is 22.1. The first-order valence-electron chi connectivity index (χ1n) is 10.3. The molecule has 30 heavy (non-hydrogen) atoms. The van der Waals surface area contributed by atoms with E-state index in [0.29, 0.717) is 6.54 Å². The number of benzene rings is 1. The van der Waals surface area contributed by atoms with Crippen molar-refractivity contribution in [2.45, 2.75) is 33.7 Å². The van der Waals surface area contributed by atoms with Crippen LogP contribution in [0.25, 0.3) is 11.0 Å². The van der Waals surface area contributed by atoms with Crippen LogP contribution in [0.5, 0.6) is 5.75 Å². The summed E-state index contributed by atoms with van der Waals surface area (Å²) in [6.07, 6.45) is 5.49. The Bertz CT molecular complexity index is 1030. The number of fused-ring (bicyclic) bond motifs is 1. The minimum Gasteiger partial charge on any atom is -0.497 e. The predicted octanol–water partition coefficient (Wildman–Crippen LogP) is 4.23. The molecule has 0 aliphatic heterocycles. The van der Waals surface area contributed by atoms with E-state index < -0.39 is 0 Å². The lowest BCUT2D eigenvalue weighted by Crippen LogP contribution is -2.37. The summed E-state index contributed by atoms with van der Waals surface area (Å²) in [6, 6.07) is 8.12. The number of hydrogen-bond acceptors (Lipinski definition) is 5. The molecule has 1 atom stereocenters. The topological polar surface area (TPSA) is 58.9 Å². The summed E-state index contributed by atoms with van der Waals surface area (Å²) >= 11 is 1.65. The van der Waals surface area contributed by atoms with Crippen molar-refractivity contribution < 1.29 is 9.53 Å². The van der Waals surface area contributed by atoms with Crippen LogP contribution in [0.2, 0.25) is 0 Å². The number of carbonyl (C=O) groups is 1. The SMILES string of the molecule is CCN(CC)[C@@H](CNC(=O)/C=C/c1c(C)nc2sc(C)cn12)c1cccc(OC)c1. The van der Waals surface area contributed by atoms with Crippen LogP contribution in [0.4, 0.5) is 0 Å². The number of nitrogens with one attached hydrogen (secondary N) is 1. The van der Waals surface area contributed by atoms with Crippen LogP contribution in [0, 0.1) is 13.8 Å². The van der Waals surface area contributed by atoms with Gasteiger partial charge in [-0.05, 0) is 50.7 Å². The highest BCUT2D eigenvalue weighted by Gasteiger charge is 2.19. The molecule has 1 aromatic carbocycles. The van der Waals surface area contributed by atoms with E-state index in [1.165, 1.54) is 4.88 Å². The van der Waals surface area contributed by atoms with Gasteiger partial charge in [0.1, 0.15) is 5.75 Å². The fourth-order valence-electron chi connectivity index (χ4n) is 3.66. The number of likely N-dealkylation sites (N-methyl/N-ethyl adjacent to an activating group) is 1. The number of carbonyl (C=O) groups excluding carboxylic acids is 1. The number of ether oxygens (including phenoxy) is 1. The standard InChI is InChI=1S/C23H30N4O2S/c1-6-26(7-2)21(18-9-8-10-19(13-18)29-5)14-24-22(28)12-11-20-17(4)25-23-27(20)15-16(3)30-23/h8-13,15,21H,6-7,14H2,1-5H3,(H,24,28)/b12-11+/t21-/m0/s1. The van der Waals surface area contributed by atoms with Gasteiger partial charge in [0.25, 0.3) is 0 Å². The quantitative estimate of drug-likeness (QED) is 0.520. The fraction of sp³-hybridized carbons (Fsp3) is 0.391. The molecule has 2 heterocycles. The molecule has 0 aliphatic rings. The van der Waals surface area contributed by atoms with Crippen molar-refractivity contribution in [2.75, 3.05) is 26.7 Å². The Morgan fingerprint density at radius 1 is 1.33 bits per heavy atom. The first-order valence-corrected chi connectivity index (χ1v) is 11.1. The Labute approximate surface area is 182 Å². The van der Waals surface area contributed by atoms with Gasteiger partial charge in [-0.1, -0.05) is 26.0 Å². The average molecular weight is 427 g/mol. The van der Waals surface area contributed by atoms with E-state index in [2.05, 4.69) is 48.2 Å². The highest BCUT2D eigenvalue weighted by Crippen LogP contribution is 2.24. The summed E-state index contributed by atoms with van der Waals surface area (Å²) in [4.78, 5) is 21.6. The molecule has 6 nitrogen and oxygen atoms in total. The van der Waals surface area contributed by atoms with E-state index >= 15 is 0 Å². The van der Waals surface area contributed by atoms with Crippen molar-refractivity contribution in [1.29, 1.82) is 0 Å². The Kier molecular flexibility index (Phi) is 7.29. The molecule has 3 rings (SSSR count). The van der Waals surface area contributed by atoms with Gasteiger partial charge < -0.3 is 10.1 Å². The number of amides is 1. The third-order valence-corrected chi connectivity index (χ3v) is 6.15. The van der Waals surface area contributed by atoms with E-state index in [9.17, 15) is 4.79 Å². The van der Waals surface area contributed by atoms with Gasteiger partial charge in [-0.15, -0.1) is 11.3 Å². The van der Waals surface area contributed by atoms with Gasteiger partial charge in [0.15, 0.2) is 4.96 Å². The van der Waals surface area contributed by atoms with Crippen molar-refractivity contribution in [3.63, 3.8) is 0 Å². The third kappa shape index (κ3) is 4.91. The molecule has 0 aliphatic carbocycles. The predicted molar refractivity (Wildman–Crippen MR) is 123 cm³/mol. The normalized spacial score (nSPS) is 12.7. The van der Waals surface area contributed by atoms with E-state index in [0.717, 1.165) is 40.8 Å². The van der Waals surface area contributed by atoms with Crippen LogP contribution < -0.4 is 10.1 Å². The molecule has 1 N–H and O–H groups in total. The highest BCUT2D eigenvalue weighted by atomic mass is 32.1. The average Bonchev–Trinajstić information content (AvgIpc) is 3.23.